The molecule has 0 saturated carbocycles. The van der Waals surface area contributed by atoms with Gasteiger partial charge in [0.25, 0.3) is 0 Å². The molecule has 1 atom stereocenters. The first-order chi connectivity index (χ1) is 104. The van der Waals surface area contributed by atoms with Crippen LogP contribution in [-0.4, -0.2) is 0 Å². The molecule has 0 bridgehead atoms. The summed E-state index contributed by atoms with van der Waals surface area (Å²) in [4.78, 5) is 0. The highest BCUT2D eigenvalue weighted by molar-refractivity contribution is 6.27. The average Bonchev–Trinajstić information content (AvgIpc) is 1.50. The number of hydrogen-bond acceptors (Lipinski definition) is 3. The first-order valence-electron chi connectivity index (χ1n) is 84.2. The molecule has 30 rings (SSSR count). The summed E-state index contributed by atoms with van der Waals surface area (Å²) < 4.78 is 752. The monoisotopic (exact) mass is 1920 g/mol. The molecule has 0 N–H and O–H groups in total. The Morgan fingerprint density at radius 1 is 0.153 bits per heavy atom. The van der Waals surface area contributed by atoms with E-state index in [1.165, 1.54) is 27.7 Å². The molecule has 3 heterocycles. The number of fused-ring (bicyclic) bond motifs is 24. The van der Waals surface area contributed by atoms with Crippen LogP contribution in [0.1, 0.15) is 186 Å². The lowest BCUT2D eigenvalue weighted by molar-refractivity contribution is 0.660. The summed E-state index contributed by atoms with van der Waals surface area (Å²) in [6.07, 6.45) is 0. The van der Waals surface area contributed by atoms with Gasteiger partial charge in [0.1, 0.15) is 33.5 Å². The molecule has 3 nitrogen and oxygen atoms in total. The van der Waals surface area contributed by atoms with Crippen molar-refractivity contribution in [3.05, 3.63) is 505 Å². The van der Waals surface area contributed by atoms with Gasteiger partial charge in [0.05, 0.1) is 107 Å². The van der Waals surface area contributed by atoms with Crippen LogP contribution in [0.5, 0.6) is 0 Å². The number of rotatable bonds is 9. The van der Waals surface area contributed by atoms with Crippen LogP contribution in [0.15, 0.2) is 485 Å². The van der Waals surface area contributed by atoms with E-state index >= 15 is 0 Å². The molecular formula is C141H96O3. The highest BCUT2D eigenvalue weighted by Crippen LogP contribution is 2.59. The minimum atomic E-state index is -3.31. The molecule has 678 valence electrons. The van der Waals surface area contributed by atoms with Crippen LogP contribution >= 0.6 is 0 Å². The Hall–Kier alpha value is -17.8. The highest BCUT2D eigenvalue weighted by atomic mass is 16.3. The van der Waals surface area contributed by atoms with Gasteiger partial charge in [0, 0.05) is 52.7 Å². The first kappa shape index (κ1) is 36.1. The average molecular weight is 1920 g/mol. The molecule has 0 radical (unpaired) electrons. The predicted molar refractivity (Wildman–Crippen MR) is 608 cm³/mol. The van der Waals surface area contributed by atoms with Crippen molar-refractivity contribution in [2.75, 3.05) is 0 Å². The summed E-state index contributed by atoms with van der Waals surface area (Å²) in [5.74, 6) is 0. The van der Waals surface area contributed by atoms with E-state index < -0.39 is 747 Å². The van der Waals surface area contributed by atoms with Crippen LogP contribution in [0.2, 0.25) is 0 Å². The van der Waals surface area contributed by atoms with Crippen LogP contribution in [-0.2, 0) is 16.2 Å². The molecule has 0 spiro atoms. The van der Waals surface area contributed by atoms with Crippen LogP contribution in [0.4, 0.5) is 0 Å². The molecule has 3 aromatic heterocycles. The molecular weight excluding hydrogens is 1740 g/mol. The summed E-state index contributed by atoms with van der Waals surface area (Å²) in [6, 6.07) is -68.4. The molecule has 3 aliphatic carbocycles. The Morgan fingerprint density at radius 2 is 0.389 bits per heavy atom. The van der Waals surface area contributed by atoms with Gasteiger partial charge >= 0.3 is 0 Å². The fourth-order valence-electron chi connectivity index (χ4n) is 19.5. The third-order valence-electron chi connectivity index (χ3n) is 25.9. The third kappa shape index (κ3) is 12.9. The van der Waals surface area contributed by atoms with E-state index in [2.05, 4.69) is 0 Å². The molecule has 0 fully saturated rings. The topological polar surface area (TPSA) is 39.4 Å². The second-order valence-corrected chi connectivity index (χ2v) is 34.4. The number of furan rings is 3. The molecule has 1 unspecified atom stereocenters. The van der Waals surface area contributed by atoms with E-state index in [0.717, 1.165) is 6.92 Å². The minimum Gasteiger partial charge on any atom is -0.456 e. The predicted octanol–water partition coefficient (Wildman–Crippen LogP) is 39.6. The zero-order chi connectivity index (χ0) is 166. The van der Waals surface area contributed by atoms with Gasteiger partial charge in [-0.1, -0.05) is 464 Å². The maximum absolute atomic E-state index is 9.94. The normalized spacial score (nSPS) is 22.0. The maximum atomic E-state index is 9.94. The van der Waals surface area contributed by atoms with Gasteiger partial charge in [-0.3, -0.25) is 0 Å². The summed E-state index contributed by atoms with van der Waals surface area (Å²) in [6.45, 7) is 3.82. The largest absolute Gasteiger partial charge is 0.456 e. The van der Waals surface area contributed by atoms with Crippen LogP contribution in [0.3, 0.4) is 0 Å². The molecule has 27 aromatic rings. The second kappa shape index (κ2) is 32.7. The van der Waals surface area contributed by atoms with E-state index in [4.69, 9.17) is 79.0 Å². The van der Waals surface area contributed by atoms with Crippen molar-refractivity contribution >= 4 is 130 Å². The smallest absolute Gasteiger partial charge is 0.136 e. The van der Waals surface area contributed by atoms with Crippen molar-refractivity contribution in [2.24, 2.45) is 0 Å². The van der Waals surface area contributed by atoms with E-state index in [1.807, 2.05) is 0 Å². The molecule has 0 amide bonds. The van der Waals surface area contributed by atoms with Crippen LogP contribution in [0, 0.1) is 0 Å². The van der Waals surface area contributed by atoms with Crippen molar-refractivity contribution in [3.63, 3.8) is 0 Å². The van der Waals surface area contributed by atoms with Crippen molar-refractivity contribution in [1.29, 1.82) is 0 Å². The second-order valence-electron chi connectivity index (χ2n) is 34.4. The Bertz CT molecular complexity index is 15100. The summed E-state index contributed by atoms with van der Waals surface area (Å²) in [5, 5.41) is -11.2. The Morgan fingerprint density at radius 3 is 0.771 bits per heavy atom. The Balaban J connectivity index is 0.000000146. The van der Waals surface area contributed by atoms with Gasteiger partial charge in [0.2, 0.25) is 0 Å². The molecule has 144 heavy (non-hydrogen) atoms. The quantitative estimate of drug-likeness (QED) is 0.135. The number of para-hydroxylation sites is 3. The standard InChI is InChI=1S/3C47H32O/c1-47(2)39-21-9-7-17-36(39)45-38(20-11-22-40(45)47)44-34-15-5-3-13-32(34)43(33-14-4-6-16-35(33)44)30-27-25-29(26-28-30)31-19-12-24-42-46(31)37-18-8-10-23-41(37)48-42;1-47(2)40-19-9-7-12-33(40)34-27-26-31(28-41(34)47)45-37-15-5-3-13-35(37)44(36-14-4-6-16-38(36)45)30-24-22-29(23-25-30)32-18-11-21-43-46(32)39-17-8-10-20-42(39)48-43;1-47(2)40-19-9-7-12-33(40)39-28-31(26-27-41(39)47)45-36-15-5-3-13-34(36)44(35-14-4-6-16-37(35)45)30-24-22-29(23-25-30)32-18-11-21-43-46(32)38-17-8-10-20-42(38)48-43/h3*3-28H,1-2H3/i3D,4D,5D,6D,7D,8D,9D,10D,11D,12D,13D,14D,15D,16D,17D,18D,19D,20D,21D,22D,23D,24D,25D,26D,27D,28D;1D3,3D,4D,5D,6D,7D,8D,9D,10D,11D,12D,13D,14D,15D,16D,17D,18D,19D,20D,21D,22D,23D,24D,25D,26D,27D,28D;3D,4D,5D,6D,7D,8D,9D,10D,11D,12D,13D,14D,15D,16D,17D,18D,19D,20D,21D,22D,23D,24D,25D,26D,27D,28D. The zero-order valence-corrected chi connectivity index (χ0v) is 74.2. The molecule has 3 heteroatoms. The number of hydrogen-bond donors (Lipinski definition) is 0. The van der Waals surface area contributed by atoms with E-state index in [-0.39, 0.29) is 44.5 Å². The van der Waals surface area contributed by atoms with Gasteiger partial charge in [0.15, 0.2) is 0 Å². The van der Waals surface area contributed by atoms with E-state index in [9.17, 15) is 45.2 Å². The molecule has 3 aliphatic rings. The van der Waals surface area contributed by atoms with E-state index in [0.29, 0.717) is 0 Å². The number of benzene rings is 24. The SMILES string of the molecule is [2H]c1c([2H])c([2H])c2c(c1[2H])-c1c(-c3c4c([2H])c([2H])c([2H])c([2H])c4c(-c4c([2H])c([2H])c(-c5c([2H])c([2H])c([2H])c6oc7c([2H])c([2H])c([2H])c([2H])c7c56)c([2H])c4[2H])c4c([2H])c([2H])c([2H])c([2H])c34)c([2H])c([2H])c([2H])c1C2(C)C.[2H]c1c([2H])c([2H])c2c(c1[2H])-c1c([2H])c(-c3c4c([2H])c([2H])c([2H])c([2H])c4c(-c4c([2H])c([2H])c(-c5c([2H])c([2H])c([2H])c6oc7c([2H])c([2H])c([2H])c([2H])c7c56)c([2H])c4[2H])c4c([2H])c([2H])c([2H])c([2H])c34)c([2H])c([2H])c1C2(C)C.[2H]c1c([2H])c([2H])c2c(c1[2H])-c1c([2H])c([2H])c(-c3c4c([2H])c([2H])c([2H])c([2H])c4c(-c4c([2H])c([2H])c(-c5c([2H])c([2H])c([2H])c6oc7c([2H])c([2H])c([2H])c([2H])c7c56)c([2H])c4[2H])c4c([2H])c([2H])c([2H])c([2H])c34)c([2H])c1C2(C)C([2H])([2H])[2H]. The van der Waals surface area contributed by atoms with Crippen molar-refractivity contribution in [1.82, 2.24) is 0 Å². The van der Waals surface area contributed by atoms with Crippen molar-refractivity contribution in [3.8, 4) is 134 Å². The minimum absolute atomic E-state index is 0.0176. The van der Waals surface area contributed by atoms with Gasteiger partial charge in [-0.05, 0) is 280 Å². The highest BCUT2D eigenvalue weighted by Gasteiger charge is 2.40. The third-order valence-corrected chi connectivity index (χ3v) is 25.9. The van der Waals surface area contributed by atoms with Gasteiger partial charge in [-0.15, -0.1) is 0 Å². The Labute approximate surface area is 949 Å². The summed E-state index contributed by atoms with van der Waals surface area (Å²) in [5.41, 5.74) is -25.4. The lowest BCUT2D eigenvalue weighted by atomic mass is 9.80. The fraction of sp³-hybridized carbons (Fsp3) is 0.0638. The van der Waals surface area contributed by atoms with Crippen LogP contribution < -0.4 is 0 Å². The van der Waals surface area contributed by atoms with Crippen LogP contribution in [0.25, 0.3) is 264 Å². The van der Waals surface area contributed by atoms with Crippen molar-refractivity contribution in [2.45, 2.75) is 57.7 Å². The van der Waals surface area contributed by atoms with Gasteiger partial charge in [-0.25, -0.2) is 0 Å². The van der Waals surface area contributed by atoms with Gasteiger partial charge < -0.3 is 13.3 Å². The molecule has 0 saturated heterocycles. The zero-order valence-electron chi connectivity index (χ0n) is 155. The summed E-state index contributed by atoms with van der Waals surface area (Å²) in [7, 11) is 0. The maximum Gasteiger partial charge on any atom is 0.136 e. The van der Waals surface area contributed by atoms with Crippen molar-refractivity contribution < 1.29 is 124 Å². The fourth-order valence-corrected chi connectivity index (χ4v) is 19.5. The molecule has 24 aromatic carbocycles. The van der Waals surface area contributed by atoms with Gasteiger partial charge in [-0.2, -0.15) is 0 Å². The summed E-state index contributed by atoms with van der Waals surface area (Å²) >= 11 is 0. The Kier molecular flexibility index (Phi) is 8.19. The lowest BCUT2D eigenvalue weighted by Crippen LogP contribution is -2.14. The lowest BCUT2D eigenvalue weighted by Gasteiger charge is -2.23. The van der Waals surface area contributed by atoms with E-state index in [1.54, 1.807) is 0 Å². The first-order valence-corrected chi connectivity index (χ1v) is 43.7. The molecule has 0 aliphatic heterocycles.